The summed E-state index contributed by atoms with van der Waals surface area (Å²) in [4.78, 5) is 13.5. The number of benzene rings is 4. The van der Waals surface area contributed by atoms with Gasteiger partial charge in [0.1, 0.15) is 23.0 Å². The summed E-state index contributed by atoms with van der Waals surface area (Å²) in [6.45, 7) is 10.6. The van der Waals surface area contributed by atoms with Gasteiger partial charge >= 0.3 is 0 Å². The molecule has 0 heterocycles. The molecule has 1 radical (unpaired) electrons. The fourth-order valence-corrected chi connectivity index (χ4v) is 5.11. The van der Waals surface area contributed by atoms with Crippen LogP contribution in [0.3, 0.4) is 0 Å². The molecule has 4 aromatic carbocycles. The Kier molecular flexibility index (Phi) is 9.21. The summed E-state index contributed by atoms with van der Waals surface area (Å²) in [6.07, 6.45) is 0. The van der Waals surface area contributed by atoms with Crippen molar-refractivity contribution in [2.75, 3.05) is 0 Å². The fourth-order valence-electron chi connectivity index (χ4n) is 3.93. The zero-order chi connectivity index (χ0) is 25.0. The van der Waals surface area contributed by atoms with Gasteiger partial charge in [-0.3, -0.25) is 4.79 Å². The maximum absolute atomic E-state index is 13.5. The van der Waals surface area contributed by atoms with E-state index >= 15 is 0 Å². The van der Waals surface area contributed by atoms with Crippen LogP contribution in [0.25, 0.3) is 0 Å². The molecular formula is C31H31LiO3P. The normalized spacial score (nSPS) is 11.2. The molecule has 4 rings (SSSR count). The number of hydrogen-bond acceptors (Lipinski definition) is 3. The predicted octanol–water partition coefficient (Wildman–Crippen LogP) is 7.95. The van der Waals surface area contributed by atoms with Crippen molar-refractivity contribution >= 4 is 38.3 Å². The summed E-state index contributed by atoms with van der Waals surface area (Å²) in [5.41, 5.74) is 4.21. The average Bonchev–Trinajstić information content (AvgIpc) is 2.81. The van der Waals surface area contributed by atoms with Crippen LogP contribution < -0.4 is 14.8 Å². The standard InChI is InChI=1S/C31H31O3P.Li/c1-21-18-23(31(3,4)5)19-22(2)29(21)30(32)35-28-17-16-26(33-24-12-8-6-9-13-24)20-27(28)34-25-14-10-7-11-15-25;/h6-20,35H,1-5H3;. The molecule has 0 amide bonds. The summed E-state index contributed by atoms with van der Waals surface area (Å²) in [5, 5.41) is 0.845. The molecule has 4 aromatic rings. The smallest absolute Gasteiger partial charge is 0.186 e. The number of carbonyl (C=O) groups excluding carboxylic acids is 1. The average molecular weight is 490 g/mol. The van der Waals surface area contributed by atoms with E-state index in [0.717, 1.165) is 27.7 Å². The third-order valence-corrected chi connectivity index (χ3v) is 6.94. The predicted molar refractivity (Wildman–Crippen MR) is 152 cm³/mol. The molecule has 36 heavy (non-hydrogen) atoms. The van der Waals surface area contributed by atoms with E-state index in [1.807, 2.05) is 92.7 Å². The van der Waals surface area contributed by atoms with E-state index in [0.29, 0.717) is 17.2 Å². The maximum Gasteiger partial charge on any atom is 0.186 e. The molecule has 0 aromatic heterocycles. The number of aryl methyl sites for hydroxylation is 2. The van der Waals surface area contributed by atoms with Crippen molar-refractivity contribution in [1.82, 2.24) is 0 Å². The van der Waals surface area contributed by atoms with E-state index in [4.69, 9.17) is 9.47 Å². The van der Waals surface area contributed by atoms with E-state index in [1.54, 1.807) is 0 Å². The minimum absolute atomic E-state index is 0. The molecule has 1 unspecified atom stereocenters. The van der Waals surface area contributed by atoms with Crippen LogP contribution in [-0.4, -0.2) is 24.4 Å². The van der Waals surface area contributed by atoms with Gasteiger partial charge in [-0.25, -0.2) is 0 Å². The second-order valence-corrected chi connectivity index (χ2v) is 10.9. The van der Waals surface area contributed by atoms with Crippen LogP contribution in [0.2, 0.25) is 0 Å². The molecule has 0 fully saturated rings. The van der Waals surface area contributed by atoms with E-state index < -0.39 is 0 Å². The quantitative estimate of drug-likeness (QED) is 0.195. The molecule has 3 nitrogen and oxygen atoms in total. The van der Waals surface area contributed by atoms with E-state index in [-0.39, 0.29) is 38.4 Å². The van der Waals surface area contributed by atoms with Crippen molar-refractivity contribution in [3.05, 3.63) is 113 Å². The first-order valence-corrected chi connectivity index (χ1v) is 12.7. The molecule has 0 bridgehead atoms. The van der Waals surface area contributed by atoms with Gasteiger partial charge in [-0.1, -0.05) is 69.3 Å². The Balaban J connectivity index is 0.00000361. The van der Waals surface area contributed by atoms with Gasteiger partial charge in [-0.2, -0.15) is 0 Å². The minimum Gasteiger partial charge on any atom is -0.457 e. The monoisotopic (exact) mass is 489 g/mol. The van der Waals surface area contributed by atoms with Crippen molar-refractivity contribution in [1.29, 1.82) is 0 Å². The topological polar surface area (TPSA) is 35.5 Å². The Hall–Kier alpha value is -2.82. The first-order chi connectivity index (χ1) is 16.7. The van der Waals surface area contributed by atoms with E-state index in [1.165, 1.54) is 5.56 Å². The van der Waals surface area contributed by atoms with Crippen LogP contribution >= 0.6 is 8.58 Å². The van der Waals surface area contributed by atoms with Gasteiger partial charge in [0.25, 0.3) is 0 Å². The molecule has 0 saturated carbocycles. The molecule has 179 valence electrons. The van der Waals surface area contributed by atoms with Gasteiger partial charge in [-0.15, -0.1) is 0 Å². The third kappa shape index (κ3) is 6.89. The zero-order valence-electron chi connectivity index (χ0n) is 21.9. The molecule has 0 aliphatic rings. The maximum atomic E-state index is 13.5. The van der Waals surface area contributed by atoms with Gasteiger partial charge in [0.15, 0.2) is 5.52 Å². The van der Waals surface area contributed by atoms with E-state index in [2.05, 4.69) is 32.9 Å². The Morgan fingerprint density at radius 2 is 1.22 bits per heavy atom. The van der Waals surface area contributed by atoms with Gasteiger partial charge in [0.05, 0.1) is 0 Å². The SMILES string of the molecule is Cc1cc(C(C)(C)C)cc(C)c1C(=O)Pc1ccc(Oc2ccccc2)cc1Oc1ccccc1.[Li]. The first-order valence-electron chi connectivity index (χ1n) is 11.7. The van der Waals surface area contributed by atoms with Crippen molar-refractivity contribution in [3.8, 4) is 23.0 Å². The number of ether oxygens (including phenoxy) is 2. The van der Waals surface area contributed by atoms with Crippen LogP contribution in [0.4, 0.5) is 0 Å². The largest absolute Gasteiger partial charge is 0.457 e. The van der Waals surface area contributed by atoms with Crippen LogP contribution in [0.1, 0.15) is 47.8 Å². The second-order valence-electron chi connectivity index (χ2n) is 9.68. The van der Waals surface area contributed by atoms with Gasteiger partial charge < -0.3 is 9.47 Å². The second kappa shape index (κ2) is 11.9. The Morgan fingerprint density at radius 3 is 1.75 bits per heavy atom. The Morgan fingerprint density at radius 1 is 0.694 bits per heavy atom. The number of rotatable bonds is 7. The molecule has 5 heteroatoms. The van der Waals surface area contributed by atoms with Crippen LogP contribution in [-0.2, 0) is 5.41 Å². The molecule has 0 N–H and O–H groups in total. The van der Waals surface area contributed by atoms with Crippen molar-refractivity contribution in [2.24, 2.45) is 0 Å². The molecule has 0 aliphatic heterocycles. The Labute approximate surface area is 228 Å². The summed E-state index contributed by atoms with van der Waals surface area (Å²) in [5.74, 6) is 2.74. The first kappa shape index (κ1) is 27.8. The summed E-state index contributed by atoms with van der Waals surface area (Å²) < 4.78 is 12.2. The van der Waals surface area contributed by atoms with Gasteiger partial charge in [0, 0.05) is 35.8 Å². The summed E-state index contributed by atoms with van der Waals surface area (Å²) in [6, 6.07) is 29.2. The molecule has 0 saturated heterocycles. The van der Waals surface area contributed by atoms with Crippen molar-refractivity contribution in [3.63, 3.8) is 0 Å². The van der Waals surface area contributed by atoms with E-state index in [9.17, 15) is 4.79 Å². The molecule has 0 aliphatic carbocycles. The van der Waals surface area contributed by atoms with Crippen molar-refractivity contribution in [2.45, 2.75) is 40.0 Å². The van der Waals surface area contributed by atoms with Crippen molar-refractivity contribution < 1.29 is 14.3 Å². The Bertz CT molecular complexity index is 1310. The van der Waals surface area contributed by atoms with Crippen LogP contribution in [0, 0.1) is 13.8 Å². The minimum atomic E-state index is -0.0727. The number of hydrogen-bond donors (Lipinski definition) is 0. The number of para-hydroxylation sites is 2. The number of carbonyl (C=O) groups is 1. The fraction of sp³-hybridized carbons (Fsp3) is 0.194. The van der Waals surface area contributed by atoms with Gasteiger partial charge in [-0.05, 0) is 80.9 Å². The van der Waals surface area contributed by atoms with Crippen LogP contribution in [0.15, 0.2) is 91.0 Å². The molecular weight excluding hydrogens is 458 g/mol. The van der Waals surface area contributed by atoms with Gasteiger partial charge in [0.2, 0.25) is 0 Å². The third-order valence-electron chi connectivity index (χ3n) is 5.78. The molecule has 1 atom stereocenters. The molecule has 0 spiro atoms. The zero-order valence-corrected chi connectivity index (χ0v) is 22.9. The summed E-state index contributed by atoms with van der Waals surface area (Å²) in [7, 11) is -0.0727. The summed E-state index contributed by atoms with van der Waals surface area (Å²) >= 11 is 0. The van der Waals surface area contributed by atoms with Crippen LogP contribution in [0.5, 0.6) is 23.0 Å².